The summed E-state index contributed by atoms with van der Waals surface area (Å²) in [6.07, 6.45) is 1.35. The predicted molar refractivity (Wildman–Crippen MR) is 66.1 cm³/mol. The number of nitrogens with one attached hydrogen (secondary N) is 1. The van der Waals surface area contributed by atoms with E-state index in [2.05, 4.69) is 5.32 Å². The highest BCUT2D eigenvalue weighted by molar-refractivity contribution is 5.87. The molecule has 0 aromatic carbocycles. The molecule has 0 aromatic rings. The number of hydrogen-bond donors (Lipinski definition) is 1. The van der Waals surface area contributed by atoms with Gasteiger partial charge >= 0.3 is 0 Å². The van der Waals surface area contributed by atoms with Gasteiger partial charge in [-0.05, 0) is 12.8 Å². The zero-order valence-corrected chi connectivity index (χ0v) is 10.9. The van der Waals surface area contributed by atoms with Gasteiger partial charge in [0.2, 0.25) is 5.91 Å². The van der Waals surface area contributed by atoms with Crippen LogP contribution in [0.5, 0.6) is 0 Å². The van der Waals surface area contributed by atoms with E-state index in [1.165, 1.54) is 4.90 Å². The van der Waals surface area contributed by atoms with Gasteiger partial charge in [-0.3, -0.25) is 9.59 Å². The standard InChI is InChI=1S/C12H21N3O3/c1-14(12(17)10-3-2-8-18-10)9-11(16)15-6-4-13-5-7-15/h10,13H,2-9H2,1H3/t10-/m0/s1. The van der Waals surface area contributed by atoms with Crippen molar-refractivity contribution in [3.63, 3.8) is 0 Å². The molecular weight excluding hydrogens is 234 g/mol. The maximum Gasteiger partial charge on any atom is 0.251 e. The summed E-state index contributed by atoms with van der Waals surface area (Å²) in [4.78, 5) is 27.3. The molecule has 0 aromatic heterocycles. The van der Waals surface area contributed by atoms with Gasteiger partial charge in [0.15, 0.2) is 0 Å². The smallest absolute Gasteiger partial charge is 0.251 e. The zero-order chi connectivity index (χ0) is 13.0. The van der Waals surface area contributed by atoms with Crippen LogP contribution in [0.2, 0.25) is 0 Å². The number of rotatable bonds is 3. The quantitative estimate of drug-likeness (QED) is 0.707. The Hall–Kier alpha value is -1.14. The van der Waals surface area contributed by atoms with E-state index in [1.54, 1.807) is 11.9 Å². The van der Waals surface area contributed by atoms with Crippen molar-refractivity contribution in [2.24, 2.45) is 0 Å². The van der Waals surface area contributed by atoms with Crippen LogP contribution in [-0.4, -0.2) is 74.1 Å². The molecule has 0 bridgehead atoms. The third-order valence-electron chi connectivity index (χ3n) is 3.42. The van der Waals surface area contributed by atoms with Crippen molar-refractivity contribution < 1.29 is 14.3 Å². The van der Waals surface area contributed by atoms with Gasteiger partial charge < -0.3 is 19.9 Å². The second-order valence-corrected chi connectivity index (χ2v) is 4.83. The van der Waals surface area contributed by atoms with E-state index in [0.717, 1.165) is 39.0 Å². The first-order chi connectivity index (χ1) is 8.68. The molecule has 0 radical (unpaired) electrons. The van der Waals surface area contributed by atoms with Crippen LogP contribution < -0.4 is 5.32 Å². The number of amides is 2. The molecule has 2 heterocycles. The Bertz CT molecular complexity index is 310. The van der Waals surface area contributed by atoms with Crippen molar-refractivity contribution >= 4 is 11.8 Å². The first kappa shape index (κ1) is 13.3. The maximum atomic E-state index is 12.0. The van der Waals surface area contributed by atoms with E-state index in [9.17, 15) is 9.59 Å². The highest BCUT2D eigenvalue weighted by Gasteiger charge is 2.28. The van der Waals surface area contributed by atoms with Crippen molar-refractivity contribution in [1.29, 1.82) is 0 Å². The lowest BCUT2D eigenvalue weighted by molar-refractivity contribution is -0.145. The average Bonchev–Trinajstić information content (AvgIpc) is 2.92. The van der Waals surface area contributed by atoms with Gasteiger partial charge in [-0.1, -0.05) is 0 Å². The number of piperazine rings is 1. The summed E-state index contributed by atoms with van der Waals surface area (Å²) in [6, 6.07) is 0. The summed E-state index contributed by atoms with van der Waals surface area (Å²) < 4.78 is 5.34. The van der Waals surface area contributed by atoms with E-state index in [4.69, 9.17) is 4.74 Å². The van der Waals surface area contributed by atoms with Crippen molar-refractivity contribution in [1.82, 2.24) is 15.1 Å². The fraction of sp³-hybridized carbons (Fsp3) is 0.833. The lowest BCUT2D eigenvalue weighted by atomic mass is 10.2. The van der Waals surface area contributed by atoms with Crippen LogP contribution in [0.3, 0.4) is 0 Å². The van der Waals surface area contributed by atoms with Gasteiger partial charge in [0.25, 0.3) is 5.91 Å². The topological polar surface area (TPSA) is 61.9 Å². The molecule has 0 spiro atoms. The summed E-state index contributed by atoms with van der Waals surface area (Å²) in [5.74, 6) is -0.0543. The first-order valence-electron chi connectivity index (χ1n) is 6.53. The third-order valence-corrected chi connectivity index (χ3v) is 3.42. The predicted octanol–water partition coefficient (Wildman–Crippen LogP) is -0.944. The van der Waals surface area contributed by atoms with Crippen LogP contribution in [0.15, 0.2) is 0 Å². The SMILES string of the molecule is CN(CC(=O)N1CCNCC1)C(=O)[C@@H]1CCCO1. The molecule has 2 saturated heterocycles. The number of carbonyl (C=O) groups is 2. The van der Waals surface area contributed by atoms with Gasteiger partial charge in [-0.25, -0.2) is 0 Å². The van der Waals surface area contributed by atoms with E-state index >= 15 is 0 Å². The number of likely N-dealkylation sites (N-methyl/N-ethyl adjacent to an activating group) is 1. The molecule has 18 heavy (non-hydrogen) atoms. The number of carbonyl (C=O) groups excluding carboxylic acids is 2. The van der Waals surface area contributed by atoms with Crippen molar-refractivity contribution in [2.45, 2.75) is 18.9 Å². The molecule has 102 valence electrons. The van der Waals surface area contributed by atoms with Gasteiger partial charge in [0.1, 0.15) is 6.10 Å². The fourth-order valence-corrected chi connectivity index (χ4v) is 2.31. The van der Waals surface area contributed by atoms with E-state index < -0.39 is 0 Å². The van der Waals surface area contributed by atoms with E-state index in [0.29, 0.717) is 6.61 Å². The Morgan fingerprint density at radius 1 is 1.39 bits per heavy atom. The number of ether oxygens (including phenoxy) is 1. The molecule has 0 aliphatic carbocycles. The molecule has 2 aliphatic rings. The molecule has 6 nitrogen and oxygen atoms in total. The number of nitrogens with zero attached hydrogens (tertiary/aromatic N) is 2. The van der Waals surface area contributed by atoms with Crippen LogP contribution >= 0.6 is 0 Å². The lowest BCUT2D eigenvalue weighted by Gasteiger charge is -2.29. The second-order valence-electron chi connectivity index (χ2n) is 4.83. The van der Waals surface area contributed by atoms with Crippen LogP contribution in [0, 0.1) is 0 Å². The summed E-state index contributed by atoms with van der Waals surface area (Å²) in [6.45, 7) is 3.90. The largest absolute Gasteiger partial charge is 0.368 e. The van der Waals surface area contributed by atoms with Crippen LogP contribution in [-0.2, 0) is 14.3 Å². The summed E-state index contributed by atoms with van der Waals surface area (Å²) >= 11 is 0. The van der Waals surface area contributed by atoms with Gasteiger partial charge in [0, 0.05) is 39.8 Å². The molecule has 2 fully saturated rings. The zero-order valence-electron chi connectivity index (χ0n) is 10.9. The van der Waals surface area contributed by atoms with Crippen LogP contribution in [0.4, 0.5) is 0 Å². The van der Waals surface area contributed by atoms with E-state index in [1.807, 2.05) is 0 Å². The molecular formula is C12H21N3O3. The molecule has 0 saturated carbocycles. The van der Waals surface area contributed by atoms with Crippen LogP contribution in [0.25, 0.3) is 0 Å². The molecule has 2 aliphatic heterocycles. The van der Waals surface area contributed by atoms with Crippen LogP contribution in [0.1, 0.15) is 12.8 Å². The first-order valence-corrected chi connectivity index (χ1v) is 6.53. The van der Waals surface area contributed by atoms with Gasteiger partial charge in [-0.15, -0.1) is 0 Å². The van der Waals surface area contributed by atoms with Crippen molar-refractivity contribution in [3.05, 3.63) is 0 Å². The minimum absolute atomic E-state index is 0.0188. The molecule has 2 amide bonds. The molecule has 1 N–H and O–H groups in total. The normalized spacial score (nSPS) is 24.1. The molecule has 0 unspecified atom stereocenters. The molecule has 1 atom stereocenters. The minimum atomic E-state index is -0.342. The lowest BCUT2D eigenvalue weighted by Crippen LogP contribution is -2.50. The average molecular weight is 255 g/mol. The Balaban J connectivity index is 1.80. The van der Waals surface area contributed by atoms with Gasteiger partial charge in [-0.2, -0.15) is 0 Å². The maximum absolute atomic E-state index is 12.0. The highest BCUT2D eigenvalue weighted by atomic mass is 16.5. The summed E-state index contributed by atoms with van der Waals surface area (Å²) in [5, 5.41) is 3.20. The Morgan fingerprint density at radius 2 is 2.11 bits per heavy atom. The summed E-state index contributed by atoms with van der Waals surface area (Å²) in [5.41, 5.74) is 0. The second kappa shape index (κ2) is 6.15. The third kappa shape index (κ3) is 3.20. The number of hydrogen-bond acceptors (Lipinski definition) is 4. The summed E-state index contributed by atoms with van der Waals surface area (Å²) in [7, 11) is 1.67. The Kier molecular flexibility index (Phi) is 4.54. The van der Waals surface area contributed by atoms with Crippen molar-refractivity contribution in [2.75, 3.05) is 46.4 Å². The fourth-order valence-electron chi connectivity index (χ4n) is 2.31. The highest BCUT2D eigenvalue weighted by Crippen LogP contribution is 2.14. The molecule has 6 heteroatoms. The molecule has 2 rings (SSSR count). The Labute approximate surface area is 107 Å². The minimum Gasteiger partial charge on any atom is -0.368 e. The van der Waals surface area contributed by atoms with Crippen molar-refractivity contribution in [3.8, 4) is 0 Å². The monoisotopic (exact) mass is 255 g/mol. The van der Waals surface area contributed by atoms with E-state index in [-0.39, 0.29) is 24.5 Å². The van der Waals surface area contributed by atoms with Gasteiger partial charge in [0.05, 0.1) is 6.54 Å². The Morgan fingerprint density at radius 3 is 2.72 bits per heavy atom.